The predicted octanol–water partition coefficient (Wildman–Crippen LogP) is 3.53. The van der Waals surface area contributed by atoms with Gasteiger partial charge in [0.05, 0.1) is 0 Å². The Kier molecular flexibility index (Phi) is 4.97. The van der Waals surface area contributed by atoms with Crippen LogP contribution in [0.2, 0.25) is 0 Å². The van der Waals surface area contributed by atoms with Gasteiger partial charge in [-0.25, -0.2) is 9.59 Å². The van der Waals surface area contributed by atoms with E-state index < -0.39 is 47.0 Å². The standard InChI is InChI=1S/C13H18F3N3O4/c1-6(2)19-8(10(20)21)7(9(18-19)13(14,15)16)17-11(22)23-12(3,4)5/h6H,1-5H3,(H,17,22)(H,20,21). The molecule has 1 aromatic heterocycles. The highest BCUT2D eigenvalue weighted by Gasteiger charge is 2.42. The molecule has 7 nitrogen and oxygen atoms in total. The van der Waals surface area contributed by atoms with Crippen LogP contribution < -0.4 is 5.32 Å². The average molecular weight is 337 g/mol. The van der Waals surface area contributed by atoms with Gasteiger partial charge in [0.1, 0.15) is 11.3 Å². The molecule has 0 aliphatic heterocycles. The van der Waals surface area contributed by atoms with Crippen LogP contribution in [0.25, 0.3) is 0 Å². The zero-order chi connectivity index (χ0) is 18.2. The molecule has 0 aliphatic carbocycles. The molecule has 0 aliphatic rings. The van der Waals surface area contributed by atoms with Gasteiger partial charge >= 0.3 is 18.2 Å². The lowest BCUT2D eigenvalue weighted by Crippen LogP contribution is -2.28. The van der Waals surface area contributed by atoms with E-state index in [0.29, 0.717) is 4.68 Å². The number of carboxylic acid groups (broad SMARTS) is 1. The first-order chi connectivity index (χ1) is 10.2. The molecule has 0 saturated heterocycles. The molecular formula is C13H18F3N3O4. The van der Waals surface area contributed by atoms with Crippen molar-refractivity contribution in [3.05, 3.63) is 11.4 Å². The monoisotopic (exact) mass is 337 g/mol. The van der Waals surface area contributed by atoms with Crippen molar-refractivity contribution in [2.24, 2.45) is 0 Å². The number of rotatable bonds is 3. The van der Waals surface area contributed by atoms with Crippen molar-refractivity contribution in [3.8, 4) is 0 Å². The number of hydrogen-bond donors (Lipinski definition) is 2. The van der Waals surface area contributed by atoms with Crippen LogP contribution in [0.15, 0.2) is 0 Å². The first-order valence-corrected chi connectivity index (χ1v) is 6.67. The smallest absolute Gasteiger partial charge is 0.437 e. The number of alkyl halides is 3. The van der Waals surface area contributed by atoms with Gasteiger partial charge in [0.15, 0.2) is 11.4 Å². The van der Waals surface area contributed by atoms with E-state index in [9.17, 15) is 27.9 Å². The summed E-state index contributed by atoms with van der Waals surface area (Å²) >= 11 is 0. The molecule has 0 fully saturated rings. The van der Waals surface area contributed by atoms with E-state index in [1.807, 2.05) is 5.32 Å². The normalized spacial score (nSPS) is 12.4. The fourth-order valence-corrected chi connectivity index (χ4v) is 1.74. The second kappa shape index (κ2) is 6.09. The summed E-state index contributed by atoms with van der Waals surface area (Å²) < 4.78 is 44.8. The lowest BCUT2D eigenvalue weighted by atomic mass is 10.2. The van der Waals surface area contributed by atoms with E-state index in [1.165, 1.54) is 34.6 Å². The van der Waals surface area contributed by atoms with Gasteiger partial charge in [-0.2, -0.15) is 18.3 Å². The summed E-state index contributed by atoms with van der Waals surface area (Å²) in [4.78, 5) is 23.1. The van der Waals surface area contributed by atoms with Crippen LogP contribution in [-0.4, -0.2) is 32.6 Å². The van der Waals surface area contributed by atoms with Gasteiger partial charge in [-0.3, -0.25) is 10.00 Å². The number of ether oxygens (including phenoxy) is 1. The van der Waals surface area contributed by atoms with Gasteiger partial charge in [-0.05, 0) is 34.6 Å². The number of carbonyl (C=O) groups excluding carboxylic acids is 1. The maximum Gasteiger partial charge on any atom is 0.437 e. The molecule has 2 N–H and O–H groups in total. The molecule has 10 heteroatoms. The molecule has 0 atom stereocenters. The molecule has 23 heavy (non-hydrogen) atoms. The van der Waals surface area contributed by atoms with Crippen molar-refractivity contribution >= 4 is 17.7 Å². The minimum atomic E-state index is -4.94. The van der Waals surface area contributed by atoms with Crippen LogP contribution in [-0.2, 0) is 10.9 Å². The van der Waals surface area contributed by atoms with E-state index in [0.717, 1.165) is 0 Å². The zero-order valence-corrected chi connectivity index (χ0v) is 13.3. The average Bonchev–Trinajstić information content (AvgIpc) is 2.64. The van der Waals surface area contributed by atoms with Crippen LogP contribution in [0.3, 0.4) is 0 Å². The van der Waals surface area contributed by atoms with E-state index in [1.54, 1.807) is 0 Å². The molecule has 1 rings (SSSR count). The second-order valence-electron chi connectivity index (χ2n) is 6.04. The highest BCUT2D eigenvalue weighted by atomic mass is 19.4. The molecular weight excluding hydrogens is 319 g/mol. The summed E-state index contributed by atoms with van der Waals surface area (Å²) in [6, 6.07) is -0.656. The van der Waals surface area contributed by atoms with Crippen LogP contribution in [0.5, 0.6) is 0 Å². The van der Waals surface area contributed by atoms with E-state index in [2.05, 4.69) is 5.10 Å². The van der Waals surface area contributed by atoms with E-state index >= 15 is 0 Å². The van der Waals surface area contributed by atoms with E-state index in [4.69, 9.17) is 4.74 Å². The summed E-state index contributed by atoms with van der Waals surface area (Å²) in [5.41, 5.74) is -4.15. The topological polar surface area (TPSA) is 93.5 Å². The van der Waals surface area contributed by atoms with Crippen molar-refractivity contribution in [3.63, 3.8) is 0 Å². The number of halogens is 3. The quantitative estimate of drug-likeness (QED) is 0.880. The van der Waals surface area contributed by atoms with Crippen molar-refractivity contribution < 1.29 is 32.6 Å². The number of carbonyl (C=O) groups is 2. The first kappa shape index (κ1) is 18.8. The summed E-state index contributed by atoms with van der Waals surface area (Å²) in [6.07, 6.45) is -6.14. The second-order valence-corrected chi connectivity index (χ2v) is 6.04. The number of amides is 1. The number of aromatic carboxylic acids is 1. The number of anilines is 1. The van der Waals surface area contributed by atoms with Crippen LogP contribution in [0, 0.1) is 0 Å². The molecule has 1 aromatic rings. The minimum absolute atomic E-state index is 0.656. The number of nitrogens with one attached hydrogen (secondary N) is 1. The fraction of sp³-hybridized carbons (Fsp3) is 0.615. The Morgan fingerprint density at radius 2 is 1.78 bits per heavy atom. The van der Waals surface area contributed by atoms with E-state index in [-0.39, 0.29) is 0 Å². The van der Waals surface area contributed by atoms with Gasteiger partial charge < -0.3 is 9.84 Å². The maximum absolute atomic E-state index is 13.1. The van der Waals surface area contributed by atoms with Crippen molar-refractivity contribution in [1.82, 2.24) is 9.78 Å². The third kappa shape index (κ3) is 4.60. The van der Waals surface area contributed by atoms with Gasteiger partial charge in [-0.15, -0.1) is 0 Å². The Morgan fingerprint density at radius 3 is 2.13 bits per heavy atom. The molecule has 0 saturated carbocycles. The predicted molar refractivity (Wildman–Crippen MR) is 74.4 cm³/mol. The molecule has 0 radical (unpaired) electrons. The number of carboxylic acids is 1. The fourth-order valence-electron chi connectivity index (χ4n) is 1.74. The van der Waals surface area contributed by atoms with Gasteiger partial charge in [0.25, 0.3) is 0 Å². The summed E-state index contributed by atoms with van der Waals surface area (Å²) in [7, 11) is 0. The third-order valence-electron chi connectivity index (χ3n) is 2.50. The summed E-state index contributed by atoms with van der Waals surface area (Å²) in [5, 5.41) is 14.3. The minimum Gasteiger partial charge on any atom is -0.476 e. The first-order valence-electron chi connectivity index (χ1n) is 6.67. The molecule has 130 valence electrons. The summed E-state index contributed by atoms with van der Waals surface area (Å²) in [6.45, 7) is 7.50. The molecule has 0 bridgehead atoms. The van der Waals surface area contributed by atoms with Crippen LogP contribution >= 0.6 is 0 Å². The number of hydrogen-bond acceptors (Lipinski definition) is 4. The highest BCUT2D eigenvalue weighted by Crippen LogP contribution is 2.37. The zero-order valence-electron chi connectivity index (χ0n) is 13.3. The van der Waals surface area contributed by atoms with Crippen molar-refractivity contribution in [2.75, 3.05) is 5.32 Å². The van der Waals surface area contributed by atoms with Gasteiger partial charge in [0, 0.05) is 6.04 Å². The SMILES string of the molecule is CC(C)n1nc(C(F)(F)F)c(NC(=O)OC(C)(C)C)c1C(=O)O. The number of aromatic nitrogens is 2. The maximum atomic E-state index is 13.1. The molecule has 1 amide bonds. The van der Waals surface area contributed by atoms with Gasteiger partial charge in [0.2, 0.25) is 0 Å². The number of nitrogens with zero attached hydrogens (tertiary/aromatic N) is 2. The Hall–Kier alpha value is -2.26. The largest absolute Gasteiger partial charge is 0.476 e. The Labute approximate surface area is 130 Å². The van der Waals surface area contributed by atoms with Crippen molar-refractivity contribution in [1.29, 1.82) is 0 Å². The molecule has 0 unspecified atom stereocenters. The Balaban J connectivity index is 3.42. The van der Waals surface area contributed by atoms with Crippen LogP contribution in [0.4, 0.5) is 23.7 Å². The van der Waals surface area contributed by atoms with Crippen molar-refractivity contribution in [2.45, 2.75) is 52.4 Å². The summed E-state index contributed by atoms with van der Waals surface area (Å²) in [5.74, 6) is -1.65. The Morgan fingerprint density at radius 1 is 1.26 bits per heavy atom. The molecule has 1 heterocycles. The lowest BCUT2D eigenvalue weighted by molar-refractivity contribution is -0.140. The molecule has 0 spiro atoms. The third-order valence-corrected chi connectivity index (χ3v) is 2.50. The molecule has 0 aromatic carbocycles. The Bertz CT molecular complexity index is 615. The highest BCUT2D eigenvalue weighted by molar-refractivity contribution is 5.98. The van der Waals surface area contributed by atoms with Crippen LogP contribution in [0.1, 0.15) is 56.8 Å². The lowest BCUT2D eigenvalue weighted by Gasteiger charge is -2.20. The van der Waals surface area contributed by atoms with Gasteiger partial charge in [-0.1, -0.05) is 0 Å².